The summed E-state index contributed by atoms with van der Waals surface area (Å²) in [5, 5.41) is 0. The molecular formula is C12H21N5O. The molecule has 1 N–H and O–H groups in total. The number of nitrogens with zero attached hydrogens (tertiary/aromatic N) is 4. The lowest BCUT2D eigenvalue weighted by Crippen LogP contribution is -2.57. The van der Waals surface area contributed by atoms with E-state index in [0.717, 1.165) is 32.0 Å². The number of hydrogen-bond donors (Lipinski definition) is 1. The van der Waals surface area contributed by atoms with Crippen LogP contribution in [0, 0.1) is 0 Å². The highest BCUT2D eigenvalue weighted by atomic mass is 16.2. The highest BCUT2D eigenvalue weighted by Crippen LogP contribution is 2.11. The predicted molar refractivity (Wildman–Crippen MR) is 69.0 cm³/mol. The summed E-state index contributed by atoms with van der Waals surface area (Å²) in [4.78, 5) is 25.5. The third-order valence-electron chi connectivity index (χ3n) is 3.39. The number of likely N-dealkylation sites (N-methyl/N-ethyl adjacent to an activating group) is 2. The molecule has 1 aliphatic rings. The second-order valence-corrected chi connectivity index (χ2v) is 5.00. The van der Waals surface area contributed by atoms with Crippen molar-refractivity contribution in [1.29, 1.82) is 0 Å². The Bertz CT molecular complexity index is 389. The Kier molecular flexibility index (Phi) is 3.98. The van der Waals surface area contributed by atoms with Crippen molar-refractivity contribution in [3.63, 3.8) is 0 Å². The second-order valence-electron chi connectivity index (χ2n) is 5.00. The van der Waals surface area contributed by atoms with E-state index in [0.29, 0.717) is 0 Å². The van der Waals surface area contributed by atoms with E-state index in [1.807, 2.05) is 27.3 Å². The second kappa shape index (κ2) is 5.49. The molecule has 1 amide bonds. The number of amides is 1. The number of hydrogen-bond acceptors (Lipinski definition) is 4. The van der Waals surface area contributed by atoms with Crippen LogP contribution in [0.25, 0.3) is 0 Å². The van der Waals surface area contributed by atoms with Crippen molar-refractivity contribution in [3.8, 4) is 0 Å². The molecule has 18 heavy (non-hydrogen) atoms. The van der Waals surface area contributed by atoms with E-state index in [-0.39, 0.29) is 11.9 Å². The minimum absolute atomic E-state index is 0.0521. The van der Waals surface area contributed by atoms with Crippen LogP contribution in [0.1, 0.15) is 5.82 Å². The first kappa shape index (κ1) is 13.0. The van der Waals surface area contributed by atoms with Gasteiger partial charge in [-0.25, -0.2) is 4.98 Å². The Labute approximate surface area is 108 Å². The molecule has 0 saturated carbocycles. The zero-order chi connectivity index (χ0) is 13.1. The molecule has 0 aliphatic carbocycles. The molecule has 100 valence electrons. The summed E-state index contributed by atoms with van der Waals surface area (Å²) in [5.74, 6) is 1.12. The number of aromatic amines is 1. The Hall–Kier alpha value is -1.40. The maximum atomic E-state index is 12.1. The van der Waals surface area contributed by atoms with E-state index in [2.05, 4.69) is 19.8 Å². The fourth-order valence-electron chi connectivity index (χ4n) is 2.23. The van der Waals surface area contributed by atoms with Crippen molar-refractivity contribution in [2.75, 3.05) is 40.8 Å². The van der Waals surface area contributed by atoms with Gasteiger partial charge in [-0.2, -0.15) is 0 Å². The predicted octanol–water partition coefficient (Wildman–Crippen LogP) is -0.386. The molecule has 6 heteroatoms. The quantitative estimate of drug-likeness (QED) is 0.795. The van der Waals surface area contributed by atoms with Crippen molar-refractivity contribution in [2.24, 2.45) is 0 Å². The van der Waals surface area contributed by atoms with Gasteiger partial charge in [0.15, 0.2) is 0 Å². The Morgan fingerprint density at radius 3 is 2.94 bits per heavy atom. The summed E-state index contributed by atoms with van der Waals surface area (Å²) in [6.45, 7) is 3.41. The van der Waals surface area contributed by atoms with Crippen LogP contribution >= 0.6 is 0 Å². The zero-order valence-electron chi connectivity index (χ0n) is 11.3. The third kappa shape index (κ3) is 2.88. The van der Waals surface area contributed by atoms with Crippen LogP contribution in [0.3, 0.4) is 0 Å². The van der Waals surface area contributed by atoms with E-state index in [4.69, 9.17) is 0 Å². The van der Waals surface area contributed by atoms with Crippen molar-refractivity contribution >= 4 is 5.91 Å². The minimum atomic E-state index is -0.0521. The molecule has 2 rings (SSSR count). The van der Waals surface area contributed by atoms with Gasteiger partial charge < -0.3 is 9.88 Å². The van der Waals surface area contributed by atoms with Crippen LogP contribution in [0.5, 0.6) is 0 Å². The molecule has 0 aromatic carbocycles. The maximum absolute atomic E-state index is 12.1. The molecule has 6 nitrogen and oxygen atoms in total. The van der Waals surface area contributed by atoms with Gasteiger partial charge in [0.05, 0.1) is 6.54 Å². The number of H-pyrrole nitrogens is 1. The lowest BCUT2D eigenvalue weighted by molar-refractivity contribution is -0.136. The standard InChI is InChI=1S/C12H21N5O/c1-15(2)12(18)10-8-17(7-6-16(10)3)9-11-13-4-5-14-11/h4-5,10H,6-9H2,1-3H3,(H,13,14)/t10-/m1/s1. The van der Waals surface area contributed by atoms with Crippen LogP contribution in [-0.4, -0.2) is 77.4 Å². The lowest BCUT2D eigenvalue weighted by Gasteiger charge is -2.39. The number of carbonyl (C=O) groups excluding carboxylic acids is 1. The summed E-state index contributed by atoms with van der Waals surface area (Å²) < 4.78 is 0. The molecule has 1 fully saturated rings. The lowest BCUT2D eigenvalue weighted by atomic mass is 10.1. The van der Waals surface area contributed by atoms with Crippen molar-refractivity contribution in [1.82, 2.24) is 24.7 Å². The monoisotopic (exact) mass is 251 g/mol. The van der Waals surface area contributed by atoms with Crippen molar-refractivity contribution in [3.05, 3.63) is 18.2 Å². The molecule has 1 aromatic rings. The highest BCUT2D eigenvalue weighted by Gasteiger charge is 2.31. The first-order valence-corrected chi connectivity index (χ1v) is 6.20. The van der Waals surface area contributed by atoms with Crippen LogP contribution in [-0.2, 0) is 11.3 Å². The number of nitrogens with one attached hydrogen (secondary N) is 1. The Morgan fingerprint density at radius 2 is 2.33 bits per heavy atom. The highest BCUT2D eigenvalue weighted by molar-refractivity contribution is 5.81. The van der Waals surface area contributed by atoms with Gasteiger partial charge >= 0.3 is 0 Å². The van der Waals surface area contributed by atoms with Crippen LogP contribution in [0.15, 0.2) is 12.4 Å². The number of piperazine rings is 1. The molecular weight excluding hydrogens is 230 g/mol. The largest absolute Gasteiger partial charge is 0.348 e. The molecule has 0 radical (unpaired) electrons. The topological polar surface area (TPSA) is 55.5 Å². The molecule has 1 aromatic heterocycles. The van der Waals surface area contributed by atoms with Gasteiger partial charge in [-0.3, -0.25) is 14.6 Å². The van der Waals surface area contributed by atoms with Crippen LogP contribution in [0.4, 0.5) is 0 Å². The summed E-state index contributed by atoms with van der Waals surface area (Å²) in [5.41, 5.74) is 0. The molecule has 2 heterocycles. The van der Waals surface area contributed by atoms with E-state index >= 15 is 0 Å². The number of carbonyl (C=O) groups is 1. The minimum Gasteiger partial charge on any atom is -0.348 e. The van der Waals surface area contributed by atoms with Gasteiger partial charge in [0.25, 0.3) is 0 Å². The maximum Gasteiger partial charge on any atom is 0.240 e. The number of rotatable bonds is 3. The third-order valence-corrected chi connectivity index (χ3v) is 3.39. The Morgan fingerprint density at radius 1 is 1.56 bits per heavy atom. The molecule has 0 unspecified atom stereocenters. The van der Waals surface area contributed by atoms with Gasteiger partial charge in [0.1, 0.15) is 11.9 Å². The van der Waals surface area contributed by atoms with Crippen LogP contribution in [0.2, 0.25) is 0 Å². The molecule has 0 bridgehead atoms. The fraction of sp³-hybridized carbons (Fsp3) is 0.667. The van der Waals surface area contributed by atoms with E-state index < -0.39 is 0 Å². The molecule has 0 spiro atoms. The molecule has 1 saturated heterocycles. The van der Waals surface area contributed by atoms with Crippen molar-refractivity contribution in [2.45, 2.75) is 12.6 Å². The van der Waals surface area contributed by atoms with Crippen LogP contribution < -0.4 is 0 Å². The van der Waals surface area contributed by atoms with Gasteiger partial charge in [-0.1, -0.05) is 0 Å². The summed E-state index contributed by atoms with van der Waals surface area (Å²) >= 11 is 0. The first-order chi connectivity index (χ1) is 8.58. The first-order valence-electron chi connectivity index (χ1n) is 6.20. The van der Waals surface area contributed by atoms with E-state index in [1.165, 1.54) is 0 Å². The summed E-state index contributed by atoms with van der Waals surface area (Å²) in [7, 11) is 5.62. The SMILES string of the molecule is CN(C)C(=O)[C@H]1CN(Cc2ncc[nH]2)CCN1C. The summed E-state index contributed by atoms with van der Waals surface area (Å²) in [6.07, 6.45) is 3.59. The van der Waals surface area contributed by atoms with Gasteiger partial charge in [0.2, 0.25) is 5.91 Å². The van der Waals surface area contributed by atoms with Gasteiger partial charge in [-0.05, 0) is 7.05 Å². The molecule has 1 aliphatic heterocycles. The average molecular weight is 251 g/mol. The zero-order valence-corrected chi connectivity index (χ0v) is 11.3. The molecule has 1 atom stereocenters. The number of aromatic nitrogens is 2. The van der Waals surface area contributed by atoms with E-state index in [9.17, 15) is 4.79 Å². The van der Waals surface area contributed by atoms with Crippen molar-refractivity contribution < 1.29 is 4.79 Å². The van der Waals surface area contributed by atoms with E-state index in [1.54, 1.807) is 11.1 Å². The smallest absolute Gasteiger partial charge is 0.240 e. The fourth-order valence-corrected chi connectivity index (χ4v) is 2.23. The normalized spacial score (nSPS) is 22.1. The summed E-state index contributed by atoms with van der Waals surface area (Å²) in [6, 6.07) is -0.0521. The Balaban J connectivity index is 1.97. The number of imidazole rings is 1. The van der Waals surface area contributed by atoms with Gasteiger partial charge in [-0.15, -0.1) is 0 Å². The average Bonchev–Trinajstić information content (AvgIpc) is 2.83. The van der Waals surface area contributed by atoms with Gasteiger partial charge in [0, 0.05) is 46.1 Å².